The van der Waals surface area contributed by atoms with E-state index in [2.05, 4.69) is 19.2 Å². The van der Waals surface area contributed by atoms with Gasteiger partial charge in [-0.15, -0.1) is 0 Å². The lowest BCUT2D eigenvalue weighted by molar-refractivity contribution is 0.113. The Labute approximate surface area is 88.7 Å². The van der Waals surface area contributed by atoms with Gasteiger partial charge in [0.05, 0.1) is 0 Å². The second-order valence-corrected chi connectivity index (χ2v) is 5.72. The van der Waals surface area contributed by atoms with Crippen molar-refractivity contribution in [3.8, 4) is 0 Å². The maximum Gasteiger partial charge on any atom is 0.0136 e. The smallest absolute Gasteiger partial charge is 0.0136 e. The zero-order chi connectivity index (χ0) is 9.97. The summed E-state index contributed by atoms with van der Waals surface area (Å²) in [6, 6.07) is 0.887. The van der Waals surface area contributed by atoms with Crippen molar-refractivity contribution < 1.29 is 0 Å². The van der Waals surface area contributed by atoms with E-state index in [0.717, 1.165) is 23.8 Å². The molecule has 0 aromatic rings. The van der Waals surface area contributed by atoms with E-state index in [4.69, 9.17) is 0 Å². The highest BCUT2D eigenvalue weighted by Crippen LogP contribution is 2.35. The van der Waals surface area contributed by atoms with E-state index in [1.807, 2.05) is 0 Å². The molecule has 0 bridgehead atoms. The van der Waals surface area contributed by atoms with Crippen LogP contribution in [-0.2, 0) is 0 Å². The van der Waals surface area contributed by atoms with Crippen LogP contribution in [0, 0.1) is 17.8 Å². The molecule has 0 amide bonds. The molecule has 1 N–H and O–H groups in total. The molecular weight excluding hydrogens is 170 g/mol. The summed E-state index contributed by atoms with van der Waals surface area (Å²) in [6.07, 6.45) is 8.87. The van der Waals surface area contributed by atoms with Gasteiger partial charge in [-0.2, -0.15) is 0 Å². The maximum absolute atomic E-state index is 3.67. The van der Waals surface area contributed by atoms with Crippen LogP contribution in [0.2, 0.25) is 0 Å². The molecule has 1 saturated heterocycles. The summed E-state index contributed by atoms with van der Waals surface area (Å²) in [6.45, 7) is 6.01. The number of nitrogens with one attached hydrogen (secondary N) is 1. The zero-order valence-electron chi connectivity index (χ0n) is 9.76. The Kier molecular flexibility index (Phi) is 3.48. The van der Waals surface area contributed by atoms with Gasteiger partial charge in [0, 0.05) is 6.04 Å². The minimum atomic E-state index is 0.883. The summed E-state index contributed by atoms with van der Waals surface area (Å²) in [7, 11) is 0. The Balaban J connectivity index is 1.79. The van der Waals surface area contributed by atoms with Gasteiger partial charge in [-0.1, -0.05) is 33.1 Å². The fraction of sp³-hybridized carbons (Fsp3) is 1.00. The van der Waals surface area contributed by atoms with Gasteiger partial charge in [-0.3, -0.25) is 0 Å². The topological polar surface area (TPSA) is 12.0 Å². The van der Waals surface area contributed by atoms with Gasteiger partial charge in [0.15, 0.2) is 0 Å². The standard InChI is InChI=1S/C13H25N/c1-10(2)8-12-9-14-13(12)11-6-4-3-5-7-11/h10-14H,3-9H2,1-2H3. The van der Waals surface area contributed by atoms with Gasteiger partial charge in [-0.05, 0) is 43.6 Å². The van der Waals surface area contributed by atoms with Gasteiger partial charge in [-0.25, -0.2) is 0 Å². The van der Waals surface area contributed by atoms with Gasteiger partial charge < -0.3 is 5.32 Å². The quantitative estimate of drug-likeness (QED) is 0.729. The lowest BCUT2D eigenvalue weighted by Gasteiger charge is -2.45. The van der Waals surface area contributed by atoms with Crippen molar-refractivity contribution in [2.75, 3.05) is 6.54 Å². The first-order valence-corrected chi connectivity index (χ1v) is 6.50. The van der Waals surface area contributed by atoms with E-state index < -0.39 is 0 Å². The molecule has 1 heteroatoms. The Hall–Kier alpha value is -0.0400. The number of hydrogen-bond donors (Lipinski definition) is 1. The van der Waals surface area contributed by atoms with Crippen LogP contribution in [0.4, 0.5) is 0 Å². The molecule has 14 heavy (non-hydrogen) atoms. The lowest BCUT2D eigenvalue weighted by atomic mass is 9.72. The lowest BCUT2D eigenvalue weighted by Crippen LogP contribution is -2.57. The molecule has 2 rings (SSSR count). The highest BCUT2D eigenvalue weighted by molar-refractivity contribution is 4.93. The Bertz CT molecular complexity index is 170. The minimum absolute atomic E-state index is 0.883. The van der Waals surface area contributed by atoms with Crippen LogP contribution in [0.1, 0.15) is 52.4 Å². The largest absolute Gasteiger partial charge is 0.313 e. The second-order valence-electron chi connectivity index (χ2n) is 5.72. The van der Waals surface area contributed by atoms with Gasteiger partial charge in [0.1, 0.15) is 0 Å². The number of rotatable bonds is 3. The summed E-state index contributed by atoms with van der Waals surface area (Å²) in [5, 5.41) is 3.67. The van der Waals surface area contributed by atoms with Crippen LogP contribution in [0.5, 0.6) is 0 Å². The highest BCUT2D eigenvalue weighted by atomic mass is 15.0. The van der Waals surface area contributed by atoms with E-state index in [1.54, 1.807) is 0 Å². The molecule has 0 radical (unpaired) electrons. The van der Waals surface area contributed by atoms with Gasteiger partial charge in [0.2, 0.25) is 0 Å². The average Bonchev–Trinajstić information content (AvgIpc) is 2.14. The van der Waals surface area contributed by atoms with Crippen molar-refractivity contribution >= 4 is 0 Å². The summed E-state index contributed by atoms with van der Waals surface area (Å²) in [5.41, 5.74) is 0. The molecule has 0 spiro atoms. The van der Waals surface area contributed by atoms with E-state index in [1.165, 1.54) is 45.1 Å². The van der Waals surface area contributed by atoms with Crippen molar-refractivity contribution in [1.29, 1.82) is 0 Å². The predicted octanol–water partition coefficient (Wildman–Crippen LogP) is 3.20. The SMILES string of the molecule is CC(C)CC1CNC1C1CCCCC1. The molecule has 82 valence electrons. The van der Waals surface area contributed by atoms with E-state index >= 15 is 0 Å². The van der Waals surface area contributed by atoms with Crippen LogP contribution in [0.3, 0.4) is 0 Å². The van der Waals surface area contributed by atoms with Crippen LogP contribution < -0.4 is 5.32 Å². The normalized spacial score (nSPS) is 34.5. The monoisotopic (exact) mass is 195 g/mol. The van der Waals surface area contributed by atoms with Crippen LogP contribution in [0.25, 0.3) is 0 Å². The van der Waals surface area contributed by atoms with Crippen molar-refractivity contribution in [2.24, 2.45) is 17.8 Å². The third-order valence-corrected chi connectivity index (χ3v) is 4.06. The third kappa shape index (κ3) is 2.31. The zero-order valence-corrected chi connectivity index (χ0v) is 9.76. The van der Waals surface area contributed by atoms with Crippen molar-refractivity contribution in [3.63, 3.8) is 0 Å². The van der Waals surface area contributed by atoms with Crippen LogP contribution in [0.15, 0.2) is 0 Å². The fourth-order valence-corrected chi connectivity index (χ4v) is 3.30. The molecule has 2 aliphatic rings. The highest BCUT2D eigenvalue weighted by Gasteiger charge is 2.36. The van der Waals surface area contributed by atoms with Gasteiger partial charge >= 0.3 is 0 Å². The molecule has 1 aliphatic carbocycles. The minimum Gasteiger partial charge on any atom is -0.313 e. The molecule has 2 unspecified atom stereocenters. The first-order chi connectivity index (χ1) is 6.77. The molecule has 1 saturated carbocycles. The van der Waals surface area contributed by atoms with Crippen molar-refractivity contribution in [1.82, 2.24) is 5.32 Å². The molecule has 1 heterocycles. The van der Waals surface area contributed by atoms with Crippen molar-refractivity contribution in [2.45, 2.75) is 58.4 Å². The Morgan fingerprint density at radius 2 is 1.86 bits per heavy atom. The fourth-order valence-electron chi connectivity index (χ4n) is 3.30. The van der Waals surface area contributed by atoms with Gasteiger partial charge in [0.25, 0.3) is 0 Å². The Morgan fingerprint density at radius 3 is 2.36 bits per heavy atom. The molecule has 1 aliphatic heterocycles. The molecule has 0 aromatic heterocycles. The summed E-state index contributed by atoms with van der Waals surface area (Å²) >= 11 is 0. The molecule has 2 fully saturated rings. The Morgan fingerprint density at radius 1 is 1.14 bits per heavy atom. The van der Waals surface area contributed by atoms with Crippen LogP contribution in [-0.4, -0.2) is 12.6 Å². The summed E-state index contributed by atoms with van der Waals surface area (Å²) in [4.78, 5) is 0. The summed E-state index contributed by atoms with van der Waals surface area (Å²) < 4.78 is 0. The van der Waals surface area contributed by atoms with E-state index in [-0.39, 0.29) is 0 Å². The first-order valence-electron chi connectivity index (χ1n) is 6.50. The predicted molar refractivity (Wildman–Crippen MR) is 61.3 cm³/mol. The van der Waals surface area contributed by atoms with Crippen LogP contribution >= 0.6 is 0 Å². The van der Waals surface area contributed by atoms with E-state index in [9.17, 15) is 0 Å². The molecule has 2 atom stereocenters. The third-order valence-electron chi connectivity index (χ3n) is 4.06. The number of hydrogen-bond acceptors (Lipinski definition) is 1. The first kappa shape index (κ1) is 10.5. The average molecular weight is 195 g/mol. The second kappa shape index (κ2) is 4.65. The summed E-state index contributed by atoms with van der Waals surface area (Å²) in [5.74, 6) is 2.90. The molecule has 0 aromatic carbocycles. The molecule has 1 nitrogen and oxygen atoms in total. The van der Waals surface area contributed by atoms with E-state index in [0.29, 0.717) is 0 Å². The molecular formula is C13H25N. The maximum atomic E-state index is 3.67. The van der Waals surface area contributed by atoms with Crippen molar-refractivity contribution in [3.05, 3.63) is 0 Å².